The summed E-state index contributed by atoms with van der Waals surface area (Å²) in [4.78, 5) is 13.6. The first-order valence-electron chi connectivity index (χ1n) is 10.0. The molecule has 1 aromatic carbocycles. The molecule has 1 aliphatic carbocycles. The number of nitrogens with zero attached hydrogens (tertiary/aromatic N) is 1. The number of carboxylic acids is 1. The highest BCUT2D eigenvalue weighted by atomic mass is 35.5. The van der Waals surface area contributed by atoms with Crippen molar-refractivity contribution in [2.24, 2.45) is 0 Å². The van der Waals surface area contributed by atoms with Crippen LogP contribution in [0.1, 0.15) is 49.7 Å². The Labute approximate surface area is 176 Å². The Bertz CT molecular complexity index is 817. The molecule has 0 radical (unpaired) electrons. The van der Waals surface area contributed by atoms with Crippen LogP contribution in [-0.4, -0.2) is 35.3 Å². The van der Waals surface area contributed by atoms with Crippen LogP contribution in [0.5, 0.6) is 0 Å². The minimum Gasteiger partial charge on any atom is -0.481 e. The average Bonchev–Trinajstić information content (AvgIpc) is 3.52. The second-order valence-electron chi connectivity index (χ2n) is 7.46. The Kier molecular flexibility index (Phi) is 7.86. The van der Waals surface area contributed by atoms with Crippen LogP contribution in [0.2, 0.25) is 5.02 Å². The number of ether oxygens (including phenoxy) is 1. The molecule has 2 aromatic rings. The Balaban J connectivity index is 0.000000552. The number of hydrogen-bond acceptors (Lipinski definition) is 5. The molecule has 3 N–H and O–H groups in total. The molecule has 0 amide bonds. The molecule has 1 aromatic heterocycles. The van der Waals surface area contributed by atoms with Gasteiger partial charge in [-0.05, 0) is 67.0 Å². The topological polar surface area (TPSA) is 83.5 Å². The van der Waals surface area contributed by atoms with E-state index >= 15 is 0 Å². The lowest BCUT2D eigenvalue weighted by Gasteiger charge is -2.24. The molecule has 4 rings (SSSR count). The minimum atomic E-state index is -0.833. The summed E-state index contributed by atoms with van der Waals surface area (Å²) in [5, 5.41) is 15.2. The zero-order chi connectivity index (χ0) is 20.6. The Hall–Kier alpha value is -2.15. The number of hydrogen-bond donors (Lipinski definition) is 3. The van der Waals surface area contributed by atoms with Crippen molar-refractivity contribution in [2.75, 3.05) is 18.5 Å². The van der Waals surface area contributed by atoms with Crippen LogP contribution in [0.25, 0.3) is 0 Å². The van der Waals surface area contributed by atoms with Gasteiger partial charge in [0.1, 0.15) is 5.82 Å². The van der Waals surface area contributed by atoms with Crippen LogP contribution >= 0.6 is 11.6 Å². The van der Waals surface area contributed by atoms with Crippen molar-refractivity contribution in [3.8, 4) is 0 Å². The third-order valence-electron chi connectivity index (χ3n) is 4.94. The van der Waals surface area contributed by atoms with Crippen molar-refractivity contribution in [1.82, 2.24) is 10.3 Å². The molecule has 2 aliphatic rings. The van der Waals surface area contributed by atoms with E-state index in [4.69, 9.17) is 26.2 Å². The maximum atomic E-state index is 9.00. The molecular weight excluding hydrogens is 390 g/mol. The van der Waals surface area contributed by atoms with E-state index in [1.54, 1.807) is 0 Å². The summed E-state index contributed by atoms with van der Waals surface area (Å²) in [7, 11) is 0. The summed E-state index contributed by atoms with van der Waals surface area (Å²) in [5.74, 6) is 0.744. The lowest BCUT2D eigenvalue weighted by molar-refractivity contribution is -0.134. The first kappa shape index (κ1) is 21.6. The van der Waals surface area contributed by atoms with Gasteiger partial charge in [0.05, 0.1) is 0 Å². The average molecular weight is 418 g/mol. The van der Waals surface area contributed by atoms with Gasteiger partial charge in [0.15, 0.2) is 0 Å². The summed E-state index contributed by atoms with van der Waals surface area (Å²) < 4.78 is 5.43. The van der Waals surface area contributed by atoms with Gasteiger partial charge >= 0.3 is 0 Å². The number of pyridine rings is 1. The SMILES string of the molecule is CC(=O)O.Clc1cccc(Nc2cc(C3CC3)c(CNC3CCOCC3)cn2)c1. The summed E-state index contributed by atoms with van der Waals surface area (Å²) >= 11 is 6.07. The third kappa shape index (κ3) is 7.31. The molecule has 2 heterocycles. The second kappa shape index (κ2) is 10.6. The fraction of sp³-hybridized carbons (Fsp3) is 0.455. The number of aliphatic carboxylic acids is 1. The Morgan fingerprint density at radius 2 is 1.97 bits per heavy atom. The van der Waals surface area contributed by atoms with Crippen LogP contribution in [0.3, 0.4) is 0 Å². The molecular formula is C22H28ClN3O3. The Morgan fingerprint density at radius 1 is 1.24 bits per heavy atom. The number of benzene rings is 1. The zero-order valence-electron chi connectivity index (χ0n) is 16.7. The molecule has 1 aliphatic heterocycles. The number of carbonyl (C=O) groups is 1. The first-order valence-corrected chi connectivity index (χ1v) is 10.4. The van der Waals surface area contributed by atoms with E-state index in [-0.39, 0.29) is 0 Å². The fourth-order valence-corrected chi connectivity index (χ4v) is 3.55. The zero-order valence-corrected chi connectivity index (χ0v) is 17.4. The monoisotopic (exact) mass is 417 g/mol. The molecule has 2 fully saturated rings. The van der Waals surface area contributed by atoms with Crippen molar-refractivity contribution >= 4 is 29.1 Å². The van der Waals surface area contributed by atoms with Crippen molar-refractivity contribution < 1.29 is 14.6 Å². The molecule has 0 spiro atoms. The summed E-state index contributed by atoms with van der Waals surface area (Å²) in [5.41, 5.74) is 3.72. The molecule has 0 atom stereocenters. The number of aromatic nitrogens is 1. The standard InChI is InChI=1S/C20H24ClN3O.C2H4O2/c21-16-2-1-3-18(10-16)24-20-11-19(14-4-5-14)15(13-23-20)12-22-17-6-8-25-9-7-17;1-2(3)4/h1-3,10-11,13-14,17,22H,4-9,12H2,(H,23,24);1H3,(H,3,4). The van der Waals surface area contributed by atoms with E-state index in [0.29, 0.717) is 12.0 Å². The van der Waals surface area contributed by atoms with Gasteiger partial charge < -0.3 is 20.5 Å². The van der Waals surface area contributed by atoms with Gasteiger partial charge in [-0.3, -0.25) is 4.79 Å². The predicted octanol–water partition coefficient (Wildman–Crippen LogP) is 4.72. The van der Waals surface area contributed by atoms with Gasteiger partial charge in [-0.25, -0.2) is 4.98 Å². The molecule has 0 unspecified atom stereocenters. The van der Waals surface area contributed by atoms with Crippen molar-refractivity contribution in [3.05, 3.63) is 52.7 Å². The molecule has 6 nitrogen and oxygen atoms in total. The second-order valence-corrected chi connectivity index (χ2v) is 7.90. The van der Waals surface area contributed by atoms with Gasteiger partial charge in [-0.1, -0.05) is 17.7 Å². The molecule has 29 heavy (non-hydrogen) atoms. The minimum absolute atomic E-state index is 0.560. The van der Waals surface area contributed by atoms with Crippen LogP contribution in [0.4, 0.5) is 11.5 Å². The van der Waals surface area contributed by atoms with E-state index in [1.165, 1.54) is 24.0 Å². The van der Waals surface area contributed by atoms with Gasteiger partial charge in [0, 0.05) is 49.6 Å². The van der Waals surface area contributed by atoms with Gasteiger partial charge in [-0.15, -0.1) is 0 Å². The largest absolute Gasteiger partial charge is 0.481 e. The van der Waals surface area contributed by atoms with Crippen LogP contribution < -0.4 is 10.6 Å². The lowest BCUT2D eigenvalue weighted by Crippen LogP contribution is -2.34. The fourth-order valence-electron chi connectivity index (χ4n) is 3.36. The molecule has 1 saturated carbocycles. The molecule has 0 bridgehead atoms. The van der Waals surface area contributed by atoms with Crippen molar-refractivity contribution in [3.63, 3.8) is 0 Å². The van der Waals surface area contributed by atoms with E-state index in [9.17, 15) is 0 Å². The number of nitrogens with one attached hydrogen (secondary N) is 2. The smallest absolute Gasteiger partial charge is 0.300 e. The molecule has 7 heteroatoms. The number of anilines is 2. The van der Waals surface area contributed by atoms with Gasteiger partial charge in [0.2, 0.25) is 0 Å². The summed E-state index contributed by atoms with van der Waals surface area (Å²) in [6.07, 6.45) is 6.78. The molecule has 1 saturated heterocycles. The van der Waals surface area contributed by atoms with Crippen molar-refractivity contribution in [2.45, 2.75) is 51.1 Å². The summed E-state index contributed by atoms with van der Waals surface area (Å²) in [6, 6.07) is 10.5. The third-order valence-corrected chi connectivity index (χ3v) is 5.17. The highest BCUT2D eigenvalue weighted by Crippen LogP contribution is 2.42. The first-order chi connectivity index (χ1) is 14.0. The van der Waals surface area contributed by atoms with E-state index < -0.39 is 5.97 Å². The lowest BCUT2D eigenvalue weighted by atomic mass is 10.0. The van der Waals surface area contributed by atoms with Crippen LogP contribution in [0, 0.1) is 0 Å². The number of carboxylic acid groups (broad SMARTS) is 1. The van der Waals surface area contributed by atoms with Gasteiger partial charge in [0.25, 0.3) is 5.97 Å². The van der Waals surface area contributed by atoms with Crippen LogP contribution in [0.15, 0.2) is 36.5 Å². The molecule has 156 valence electrons. The number of halogens is 1. The van der Waals surface area contributed by atoms with E-state index in [2.05, 4.69) is 21.7 Å². The maximum absolute atomic E-state index is 9.00. The quantitative estimate of drug-likeness (QED) is 0.631. The highest BCUT2D eigenvalue weighted by Gasteiger charge is 2.27. The summed E-state index contributed by atoms with van der Waals surface area (Å²) in [6.45, 7) is 3.71. The van der Waals surface area contributed by atoms with Crippen molar-refractivity contribution in [1.29, 1.82) is 0 Å². The van der Waals surface area contributed by atoms with Crippen LogP contribution in [-0.2, 0) is 16.1 Å². The number of rotatable bonds is 6. The van der Waals surface area contributed by atoms with E-state index in [1.807, 2.05) is 30.5 Å². The Morgan fingerprint density at radius 3 is 2.62 bits per heavy atom. The maximum Gasteiger partial charge on any atom is 0.300 e. The highest BCUT2D eigenvalue weighted by molar-refractivity contribution is 6.30. The van der Waals surface area contributed by atoms with Gasteiger partial charge in [-0.2, -0.15) is 0 Å². The normalized spacial score (nSPS) is 16.6. The predicted molar refractivity (Wildman–Crippen MR) is 115 cm³/mol. The van der Waals surface area contributed by atoms with E-state index in [0.717, 1.165) is 56.1 Å².